The lowest BCUT2D eigenvalue weighted by atomic mass is 10.3. The van der Waals surface area contributed by atoms with Crippen molar-refractivity contribution in [2.24, 2.45) is 0 Å². The zero-order chi connectivity index (χ0) is 18.4. The highest BCUT2D eigenvalue weighted by atomic mass is 32.1. The van der Waals surface area contributed by atoms with Crippen molar-refractivity contribution in [3.05, 3.63) is 60.1 Å². The lowest BCUT2D eigenvalue weighted by molar-refractivity contribution is -0.111. The van der Waals surface area contributed by atoms with Crippen LogP contribution in [0, 0.1) is 0 Å². The molecule has 0 radical (unpaired) electrons. The smallest absolute Gasteiger partial charge is 0.362 e. The molecule has 26 heavy (non-hydrogen) atoms. The molecule has 132 valence electrons. The highest BCUT2D eigenvalue weighted by molar-refractivity contribution is 7.10. The first-order chi connectivity index (χ1) is 12.7. The number of hydrogen-bond acceptors (Lipinski definition) is 7. The summed E-state index contributed by atoms with van der Waals surface area (Å²) >= 11 is 0.911. The molecular weight excluding hydrogens is 354 g/mol. The SMILES string of the molecule is CCOC(=O)c1nnsc1NC(=O)/C=C/c1cnn(-c2ccccc2)c1. The fourth-order valence-corrected chi connectivity index (χ4v) is 2.64. The van der Waals surface area contributed by atoms with Crippen molar-refractivity contribution < 1.29 is 14.3 Å². The number of nitrogens with one attached hydrogen (secondary N) is 1. The third kappa shape index (κ3) is 4.19. The number of esters is 1. The molecule has 9 heteroatoms. The number of hydrogen-bond donors (Lipinski definition) is 1. The normalized spacial score (nSPS) is 10.8. The quantitative estimate of drug-likeness (QED) is 0.529. The van der Waals surface area contributed by atoms with Crippen molar-refractivity contribution in [1.82, 2.24) is 19.4 Å². The minimum Gasteiger partial charge on any atom is -0.461 e. The van der Waals surface area contributed by atoms with Gasteiger partial charge in [0.1, 0.15) is 0 Å². The number of rotatable bonds is 6. The van der Waals surface area contributed by atoms with Gasteiger partial charge in [-0.15, -0.1) is 5.10 Å². The van der Waals surface area contributed by atoms with E-state index in [2.05, 4.69) is 20.0 Å². The second-order valence-electron chi connectivity index (χ2n) is 5.05. The van der Waals surface area contributed by atoms with Gasteiger partial charge in [-0.2, -0.15) is 5.10 Å². The molecule has 0 saturated heterocycles. The van der Waals surface area contributed by atoms with Crippen LogP contribution >= 0.6 is 11.5 Å². The number of para-hydroxylation sites is 1. The Morgan fingerprint density at radius 1 is 1.31 bits per heavy atom. The summed E-state index contributed by atoms with van der Waals surface area (Å²) in [6, 6.07) is 9.63. The molecule has 0 spiro atoms. The van der Waals surface area contributed by atoms with Crippen molar-refractivity contribution in [2.45, 2.75) is 6.92 Å². The Hall–Kier alpha value is -3.33. The van der Waals surface area contributed by atoms with Crippen molar-refractivity contribution in [3.8, 4) is 5.69 Å². The number of anilines is 1. The number of benzene rings is 1. The Morgan fingerprint density at radius 3 is 2.88 bits per heavy atom. The molecule has 2 heterocycles. The second kappa shape index (κ2) is 8.17. The first-order valence-electron chi connectivity index (χ1n) is 7.76. The topological polar surface area (TPSA) is 99.0 Å². The van der Waals surface area contributed by atoms with Gasteiger partial charge in [0, 0.05) is 29.4 Å². The van der Waals surface area contributed by atoms with Gasteiger partial charge in [0.2, 0.25) is 11.6 Å². The Bertz CT molecular complexity index is 933. The predicted octanol–water partition coefficient (Wildman–Crippen LogP) is 2.55. The molecule has 0 aliphatic carbocycles. The third-order valence-electron chi connectivity index (χ3n) is 3.24. The molecule has 3 rings (SSSR count). The molecule has 8 nitrogen and oxygen atoms in total. The van der Waals surface area contributed by atoms with Gasteiger partial charge in [-0.1, -0.05) is 22.7 Å². The number of carbonyl (C=O) groups is 2. The molecule has 0 aliphatic rings. The number of aromatic nitrogens is 4. The van der Waals surface area contributed by atoms with E-state index in [0.717, 1.165) is 22.8 Å². The van der Waals surface area contributed by atoms with Gasteiger partial charge in [0.15, 0.2) is 5.00 Å². The molecular formula is C17H15N5O3S. The first-order valence-corrected chi connectivity index (χ1v) is 8.53. The Morgan fingerprint density at radius 2 is 2.12 bits per heavy atom. The predicted molar refractivity (Wildman–Crippen MR) is 97.1 cm³/mol. The van der Waals surface area contributed by atoms with Crippen LogP contribution in [0.1, 0.15) is 23.0 Å². The summed E-state index contributed by atoms with van der Waals surface area (Å²) in [5.74, 6) is -1.03. The van der Waals surface area contributed by atoms with E-state index in [1.807, 2.05) is 30.3 Å². The Kier molecular flexibility index (Phi) is 5.49. The zero-order valence-corrected chi connectivity index (χ0v) is 14.6. The molecule has 0 aliphatic heterocycles. The lowest BCUT2D eigenvalue weighted by Gasteiger charge is -2.01. The first kappa shape index (κ1) is 17.5. The summed E-state index contributed by atoms with van der Waals surface area (Å²) in [5.41, 5.74) is 1.68. The van der Waals surface area contributed by atoms with Gasteiger partial charge < -0.3 is 10.1 Å². The number of amides is 1. The van der Waals surface area contributed by atoms with E-state index in [1.165, 1.54) is 6.08 Å². The molecule has 0 atom stereocenters. The van der Waals surface area contributed by atoms with Gasteiger partial charge in [-0.3, -0.25) is 4.79 Å². The van der Waals surface area contributed by atoms with Gasteiger partial charge >= 0.3 is 5.97 Å². The van der Waals surface area contributed by atoms with Crippen molar-refractivity contribution >= 4 is 34.5 Å². The van der Waals surface area contributed by atoms with Crippen LogP contribution < -0.4 is 5.32 Å². The maximum Gasteiger partial charge on any atom is 0.362 e. The van der Waals surface area contributed by atoms with Crippen LogP contribution in [0.4, 0.5) is 5.00 Å². The molecule has 1 amide bonds. The summed E-state index contributed by atoms with van der Waals surface area (Å²) < 4.78 is 10.3. The molecule has 0 saturated carbocycles. The monoisotopic (exact) mass is 369 g/mol. The van der Waals surface area contributed by atoms with Crippen LogP contribution in [-0.4, -0.2) is 37.9 Å². The average Bonchev–Trinajstić information content (AvgIpc) is 3.30. The van der Waals surface area contributed by atoms with E-state index in [9.17, 15) is 9.59 Å². The maximum atomic E-state index is 12.1. The Balaban J connectivity index is 1.65. The zero-order valence-electron chi connectivity index (χ0n) is 13.8. The number of carbonyl (C=O) groups excluding carboxylic acids is 2. The number of ether oxygens (including phenoxy) is 1. The Labute approximate surface area is 153 Å². The van der Waals surface area contributed by atoms with E-state index >= 15 is 0 Å². The van der Waals surface area contributed by atoms with Crippen LogP contribution in [0.2, 0.25) is 0 Å². The molecule has 3 aromatic rings. The van der Waals surface area contributed by atoms with Crippen molar-refractivity contribution in [2.75, 3.05) is 11.9 Å². The summed E-state index contributed by atoms with van der Waals surface area (Å²) in [6.45, 7) is 1.91. The molecule has 2 aromatic heterocycles. The van der Waals surface area contributed by atoms with E-state index in [0.29, 0.717) is 0 Å². The van der Waals surface area contributed by atoms with E-state index in [1.54, 1.807) is 30.1 Å². The second-order valence-corrected chi connectivity index (χ2v) is 5.80. The highest BCUT2D eigenvalue weighted by Gasteiger charge is 2.18. The lowest BCUT2D eigenvalue weighted by Crippen LogP contribution is -2.12. The summed E-state index contributed by atoms with van der Waals surface area (Å²) in [4.78, 5) is 23.8. The third-order valence-corrected chi connectivity index (χ3v) is 3.89. The highest BCUT2D eigenvalue weighted by Crippen LogP contribution is 2.18. The largest absolute Gasteiger partial charge is 0.461 e. The maximum absolute atomic E-state index is 12.1. The van der Waals surface area contributed by atoms with Crippen molar-refractivity contribution in [1.29, 1.82) is 0 Å². The van der Waals surface area contributed by atoms with Crippen LogP contribution in [0.3, 0.4) is 0 Å². The average molecular weight is 369 g/mol. The van der Waals surface area contributed by atoms with E-state index < -0.39 is 11.9 Å². The van der Waals surface area contributed by atoms with Gasteiger partial charge in [0.05, 0.1) is 18.5 Å². The molecule has 0 fully saturated rings. The molecule has 1 aromatic carbocycles. The minimum atomic E-state index is -0.621. The van der Waals surface area contributed by atoms with E-state index in [4.69, 9.17) is 4.74 Å². The van der Waals surface area contributed by atoms with E-state index in [-0.39, 0.29) is 17.3 Å². The minimum absolute atomic E-state index is 0.00417. The van der Waals surface area contributed by atoms with Crippen LogP contribution in [0.5, 0.6) is 0 Å². The van der Waals surface area contributed by atoms with Gasteiger partial charge in [-0.05, 0) is 25.1 Å². The van der Waals surface area contributed by atoms with Gasteiger partial charge in [0.25, 0.3) is 0 Å². The van der Waals surface area contributed by atoms with Gasteiger partial charge in [-0.25, -0.2) is 9.48 Å². The summed E-state index contributed by atoms with van der Waals surface area (Å²) in [7, 11) is 0. The molecule has 1 N–H and O–H groups in total. The number of nitrogens with zero attached hydrogens (tertiary/aromatic N) is 4. The van der Waals surface area contributed by atoms with Crippen LogP contribution in [-0.2, 0) is 9.53 Å². The fourth-order valence-electron chi connectivity index (χ4n) is 2.08. The summed E-state index contributed by atoms with van der Waals surface area (Å²) in [6.07, 6.45) is 6.42. The van der Waals surface area contributed by atoms with Crippen LogP contribution in [0.15, 0.2) is 48.8 Å². The van der Waals surface area contributed by atoms with Crippen LogP contribution in [0.25, 0.3) is 11.8 Å². The fraction of sp³-hybridized carbons (Fsp3) is 0.118. The standard InChI is InChI=1S/C17H15N5O3S/c1-2-25-17(24)15-16(26-21-20-15)19-14(23)9-8-12-10-18-22(11-12)13-6-4-3-5-7-13/h3-11H,2H2,1H3,(H,19,23)/b9-8+. The molecule has 0 bridgehead atoms. The van der Waals surface area contributed by atoms with Crippen molar-refractivity contribution in [3.63, 3.8) is 0 Å². The molecule has 0 unspecified atom stereocenters. The summed E-state index contributed by atoms with van der Waals surface area (Å²) in [5, 5.41) is 10.8.